The van der Waals surface area contributed by atoms with Crippen LogP contribution in [-0.4, -0.2) is 29.7 Å². The van der Waals surface area contributed by atoms with Gasteiger partial charge in [-0.05, 0) is 37.1 Å². The molecule has 0 spiro atoms. The summed E-state index contributed by atoms with van der Waals surface area (Å²) >= 11 is 3.42. The third-order valence-corrected chi connectivity index (χ3v) is 6.26. The van der Waals surface area contributed by atoms with E-state index in [0.29, 0.717) is 22.8 Å². The number of rotatable bonds is 4. The van der Waals surface area contributed by atoms with Crippen LogP contribution < -0.4 is 10.0 Å². The number of aromatic nitrogens is 3. The highest BCUT2D eigenvalue weighted by Crippen LogP contribution is 2.24. The zero-order chi connectivity index (χ0) is 16.6. The summed E-state index contributed by atoms with van der Waals surface area (Å²) in [6.45, 7) is 6.01. The topological polar surface area (TPSA) is 88.9 Å². The molecule has 0 unspecified atom stereocenters. The number of hydrogen-bond acceptors (Lipinski definition) is 5. The van der Waals surface area contributed by atoms with E-state index < -0.39 is 10.0 Å². The average molecular weight is 400 g/mol. The maximum atomic E-state index is 12.6. The number of hydrogen-bond donors (Lipinski definition) is 2. The standard InChI is InChI=1S/C14H18BrN5O2S/c1-9-6-12(10(2)5-11(9)15)23(21,22)17-8-14-19-18-13-7-16-3-4-20(13)14/h5-6,16-17H,3-4,7-8H2,1-2H3. The van der Waals surface area contributed by atoms with Crippen LogP contribution in [0.5, 0.6) is 0 Å². The Labute approximate surface area is 143 Å². The van der Waals surface area contributed by atoms with Crippen LogP contribution in [-0.2, 0) is 29.7 Å². The quantitative estimate of drug-likeness (QED) is 0.806. The molecule has 3 rings (SSSR count). The van der Waals surface area contributed by atoms with Crippen LogP contribution in [0.4, 0.5) is 0 Å². The van der Waals surface area contributed by atoms with Crippen LogP contribution in [0.1, 0.15) is 22.8 Å². The maximum absolute atomic E-state index is 12.6. The van der Waals surface area contributed by atoms with Crippen molar-refractivity contribution >= 4 is 26.0 Å². The highest BCUT2D eigenvalue weighted by atomic mass is 79.9. The fourth-order valence-corrected chi connectivity index (χ4v) is 4.31. The molecule has 0 atom stereocenters. The summed E-state index contributed by atoms with van der Waals surface area (Å²) in [6, 6.07) is 3.49. The summed E-state index contributed by atoms with van der Waals surface area (Å²) in [5, 5.41) is 11.4. The Hall–Kier alpha value is -1.29. The van der Waals surface area contributed by atoms with Crippen molar-refractivity contribution in [2.45, 2.75) is 38.4 Å². The van der Waals surface area contributed by atoms with E-state index >= 15 is 0 Å². The van der Waals surface area contributed by atoms with Crippen molar-refractivity contribution in [3.05, 3.63) is 39.4 Å². The smallest absolute Gasteiger partial charge is 0.241 e. The van der Waals surface area contributed by atoms with Crippen molar-refractivity contribution < 1.29 is 8.42 Å². The molecule has 0 fully saturated rings. The second-order valence-corrected chi connectivity index (χ2v) is 8.14. The molecule has 0 bridgehead atoms. The van der Waals surface area contributed by atoms with Crippen molar-refractivity contribution in [3.63, 3.8) is 0 Å². The van der Waals surface area contributed by atoms with Gasteiger partial charge in [0.05, 0.1) is 18.0 Å². The number of nitrogens with zero attached hydrogens (tertiary/aromatic N) is 3. The van der Waals surface area contributed by atoms with Crippen LogP contribution in [0, 0.1) is 13.8 Å². The van der Waals surface area contributed by atoms with Crippen molar-refractivity contribution in [3.8, 4) is 0 Å². The Morgan fingerprint density at radius 3 is 2.87 bits per heavy atom. The van der Waals surface area contributed by atoms with E-state index in [1.54, 1.807) is 13.0 Å². The predicted octanol–water partition coefficient (Wildman–Crippen LogP) is 1.24. The van der Waals surface area contributed by atoms with Gasteiger partial charge in [0.2, 0.25) is 10.0 Å². The largest absolute Gasteiger partial charge is 0.311 e. The summed E-state index contributed by atoms with van der Waals surface area (Å²) < 4.78 is 30.6. The molecule has 0 saturated heterocycles. The Balaban J connectivity index is 1.82. The molecule has 0 saturated carbocycles. The van der Waals surface area contributed by atoms with E-state index in [9.17, 15) is 8.42 Å². The van der Waals surface area contributed by atoms with Gasteiger partial charge in [-0.3, -0.25) is 0 Å². The van der Waals surface area contributed by atoms with Crippen LogP contribution in [0.25, 0.3) is 0 Å². The van der Waals surface area contributed by atoms with Crippen molar-refractivity contribution in [1.29, 1.82) is 0 Å². The molecule has 124 valence electrons. The third-order valence-electron chi connectivity index (χ3n) is 3.87. The zero-order valence-corrected chi connectivity index (χ0v) is 15.3. The monoisotopic (exact) mass is 399 g/mol. The minimum Gasteiger partial charge on any atom is -0.311 e. The van der Waals surface area contributed by atoms with Gasteiger partial charge in [0.15, 0.2) is 0 Å². The van der Waals surface area contributed by atoms with Gasteiger partial charge in [-0.1, -0.05) is 15.9 Å². The summed E-state index contributed by atoms with van der Waals surface area (Å²) in [7, 11) is -3.60. The molecule has 23 heavy (non-hydrogen) atoms. The zero-order valence-electron chi connectivity index (χ0n) is 12.9. The molecular formula is C14H18BrN5O2S. The number of halogens is 1. The van der Waals surface area contributed by atoms with E-state index in [2.05, 4.69) is 36.2 Å². The highest BCUT2D eigenvalue weighted by Gasteiger charge is 2.21. The Morgan fingerprint density at radius 1 is 1.30 bits per heavy atom. The van der Waals surface area contributed by atoms with E-state index in [4.69, 9.17) is 0 Å². The van der Waals surface area contributed by atoms with Crippen LogP contribution in [0.15, 0.2) is 21.5 Å². The van der Waals surface area contributed by atoms with Crippen molar-refractivity contribution in [2.75, 3.05) is 6.54 Å². The molecular weight excluding hydrogens is 382 g/mol. The lowest BCUT2D eigenvalue weighted by Gasteiger charge is -2.16. The molecule has 1 aliphatic heterocycles. The summed E-state index contributed by atoms with van der Waals surface area (Å²) in [6.07, 6.45) is 0. The molecule has 7 nitrogen and oxygen atoms in total. The van der Waals surface area contributed by atoms with Crippen molar-refractivity contribution in [1.82, 2.24) is 24.8 Å². The number of fused-ring (bicyclic) bond motifs is 1. The second-order valence-electron chi connectivity index (χ2n) is 5.55. The van der Waals surface area contributed by atoms with E-state index in [1.807, 2.05) is 17.6 Å². The molecule has 0 amide bonds. The minimum atomic E-state index is -3.60. The van der Waals surface area contributed by atoms with E-state index in [-0.39, 0.29) is 6.54 Å². The van der Waals surface area contributed by atoms with Gasteiger partial charge in [0.1, 0.15) is 11.6 Å². The molecule has 1 aromatic carbocycles. The number of aryl methyl sites for hydroxylation is 2. The molecule has 2 heterocycles. The Kier molecular flexibility index (Phi) is 4.54. The average Bonchev–Trinajstić information content (AvgIpc) is 2.92. The SMILES string of the molecule is Cc1cc(S(=O)(=O)NCc2nnc3n2CCNC3)c(C)cc1Br. The molecule has 0 aliphatic carbocycles. The predicted molar refractivity (Wildman–Crippen MR) is 89.4 cm³/mol. The first-order valence-corrected chi connectivity index (χ1v) is 9.54. The summed E-state index contributed by atoms with van der Waals surface area (Å²) in [4.78, 5) is 0.290. The fourth-order valence-electron chi connectivity index (χ4n) is 2.56. The van der Waals surface area contributed by atoms with Gasteiger partial charge in [-0.2, -0.15) is 0 Å². The van der Waals surface area contributed by atoms with Gasteiger partial charge >= 0.3 is 0 Å². The summed E-state index contributed by atoms with van der Waals surface area (Å²) in [5.41, 5.74) is 1.57. The highest BCUT2D eigenvalue weighted by molar-refractivity contribution is 9.10. The molecule has 0 radical (unpaired) electrons. The second kappa shape index (κ2) is 6.31. The number of benzene rings is 1. The lowest BCUT2D eigenvalue weighted by molar-refractivity contribution is 0.490. The normalized spacial score (nSPS) is 14.7. The molecule has 1 aromatic heterocycles. The molecule has 1 aliphatic rings. The number of nitrogens with one attached hydrogen (secondary N) is 2. The first-order valence-electron chi connectivity index (χ1n) is 7.26. The third kappa shape index (κ3) is 3.32. The van der Waals surface area contributed by atoms with Gasteiger partial charge in [-0.15, -0.1) is 10.2 Å². The van der Waals surface area contributed by atoms with Gasteiger partial charge < -0.3 is 9.88 Å². The van der Waals surface area contributed by atoms with Crippen molar-refractivity contribution in [2.24, 2.45) is 0 Å². The van der Waals surface area contributed by atoms with E-state index in [0.717, 1.165) is 29.0 Å². The van der Waals surface area contributed by atoms with Gasteiger partial charge in [0, 0.05) is 17.6 Å². The number of sulfonamides is 1. The Bertz CT molecular complexity index is 847. The van der Waals surface area contributed by atoms with Gasteiger partial charge in [-0.25, -0.2) is 13.1 Å². The molecule has 9 heteroatoms. The first kappa shape index (κ1) is 16.6. The molecule has 2 N–H and O–H groups in total. The lowest BCUT2D eigenvalue weighted by Crippen LogP contribution is -2.31. The van der Waals surface area contributed by atoms with Crippen LogP contribution in [0.2, 0.25) is 0 Å². The molecule has 2 aromatic rings. The maximum Gasteiger partial charge on any atom is 0.241 e. The fraction of sp³-hybridized carbons (Fsp3) is 0.429. The lowest BCUT2D eigenvalue weighted by atomic mass is 10.2. The van der Waals surface area contributed by atoms with Gasteiger partial charge in [0.25, 0.3) is 0 Å². The van der Waals surface area contributed by atoms with E-state index in [1.165, 1.54) is 0 Å². The minimum absolute atomic E-state index is 0.129. The summed E-state index contributed by atoms with van der Waals surface area (Å²) in [5.74, 6) is 1.47. The van der Waals surface area contributed by atoms with Crippen LogP contribution in [0.3, 0.4) is 0 Å². The Morgan fingerprint density at radius 2 is 2.09 bits per heavy atom. The van der Waals surface area contributed by atoms with Crippen LogP contribution >= 0.6 is 15.9 Å². The first-order chi connectivity index (χ1) is 10.9.